The van der Waals surface area contributed by atoms with Gasteiger partial charge in [0.05, 0.1) is 5.69 Å². The Labute approximate surface area is 102 Å². The Balaban J connectivity index is 2.30. The normalized spacial score (nSPS) is 11.1. The Kier molecular flexibility index (Phi) is 3.22. The summed E-state index contributed by atoms with van der Waals surface area (Å²) in [6, 6.07) is 3.99. The molecular formula is C13H18N4. The van der Waals surface area contributed by atoms with E-state index in [4.69, 9.17) is 0 Å². The molecule has 90 valence electrons. The van der Waals surface area contributed by atoms with Crippen molar-refractivity contribution >= 4 is 0 Å². The molecule has 0 aliphatic heterocycles. The van der Waals surface area contributed by atoms with Gasteiger partial charge in [0, 0.05) is 18.0 Å². The van der Waals surface area contributed by atoms with Crippen LogP contribution in [0.1, 0.15) is 31.1 Å². The summed E-state index contributed by atoms with van der Waals surface area (Å²) in [5.41, 5.74) is 2.07. The molecule has 2 heterocycles. The molecule has 2 rings (SSSR count). The summed E-state index contributed by atoms with van der Waals surface area (Å²) in [6.45, 7) is 8.25. The minimum Gasteiger partial charge on any atom is -0.238 e. The van der Waals surface area contributed by atoms with Crippen molar-refractivity contribution in [3.05, 3.63) is 35.5 Å². The van der Waals surface area contributed by atoms with E-state index in [2.05, 4.69) is 28.9 Å². The summed E-state index contributed by atoms with van der Waals surface area (Å²) >= 11 is 0. The third-order valence-corrected chi connectivity index (χ3v) is 2.45. The molecule has 2 aromatic heterocycles. The van der Waals surface area contributed by atoms with E-state index in [-0.39, 0.29) is 0 Å². The number of aromatic nitrogens is 4. The van der Waals surface area contributed by atoms with Crippen molar-refractivity contribution in [1.29, 1.82) is 0 Å². The first-order valence-corrected chi connectivity index (χ1v) is 5.92. The fourth-order valence-corrected chi connectivity index (χ4v) is 1.83. The van der Waals surface area contributed by atoms with Gasteiger partial charge in [0.2, 0.25) is 0 Å². The van der Waals surface area contributed by atoms with Gasteiger partial charge >= 0.3 is 0 Å². The molecule has 0 saturated carbocycles. The van der Waals surface area contributed by atoms with Crippen molar-refractivity contribution in [1.82, 2.24) is 19.7 Å². The van der Waals surface area contributed by atoms with Gasteiger partial charge in [-0.05, 0) is 32.3 Å². The zero-order chi connectivity index (χ0) is 12.4. The second kappa shape index (κ2) is 4.65. The second-order valence-electron chi connectivity index (χ2n) is 4.76. The summed E-state index contributed by atoms with van der Waals surface area (Å²) in [7, 11) is 0. The highest BCUT2D eigenvalue weighted by atomic mass is 15.3. The summed E-state index contributed by atoms with van der Waals surface area (Å²) in [5, 5.41) is 4.53. The first-order valence-electron chi connectivity index (χ1n) is 5.92. The minimum absolute atomic E-state index is 0.618. The zero-order valence-corrected chi connectivity index (χ0v) is 10.8. The van der Waals surface area contributed by atoms with Crippen LogP contribution in [0.5, 0.6) is 0 Å². The maximum absolute atomic E-state index is 4.53. The van der Waals surface area contributed by atoms with Crippen LogP contribution in [0.4, 0.5) is 0 Å². The van der Waals surface area contributed by atoms with Gasteiger partial charge in [0.1, 0.15) is 5.82 Å². The highest BCUT2D eigenvalue weighted by molar-refractivity contribution is 5.24. The lowest BCUT2D eigenvalue weighted by Crippen LogP contribution is -2.03. The molecule has 0 N–H and O–H groups in total. The molecule has 17 heavy (non-hydrogen) atoms. The van der Waals surface area contributed by atoms with E-state index in [1.54, 1.807) is 0 Å². The fourth-order valence-electron chi connectivity index (χ4n) is 1.83. The van der Waals surface area contributed by atoms with Crippen molar-refractivity contribution in [2.24, 2.45) is 5.92 Å². The lowest BCUT2D eigenvalue weighted by molar-refractivity contribution is 0.627. The van der Waals surface area contributed by atoms with E-state index in [0.717, 1.165) is 29.5 Å². The van der Waals surface area contributed by atoms with E-state index < -0.39 is 0 Å². The monoisotopic (exact) mass is 230 g/mol. The number of nitrogens with zero attached hydrogens (tertiary/aromatic N) is 4. The third kappa shape index (κ3) is 2.90. The highest BCUT2D eigenvalue weighted by Crippen LogP contribution is 2.09. The van der Waals surface area contributed by atoms with E-state index in [9.17, 15) is 0 Å². The predicted octanol–water partition coefficient (Wildman–Crippen LogP) is 2.48. The lowest BCUT2D eigenvalue weighted by atomic mass is 10.1. The molecule has 0 unspecified atom stereocenters. The first-order chi connectivity index (χ1) is 8.04. The van der Waals surface area contributed by atoms with Crippen LogP contribution >= 0.6 is 0 Å². The highest BCUT2D eigenvalue weighted by Gasteiger charge is 2.05. The number of hydrogen-bond acceptors (Lipinski definition) is 3. The summed E-state index contributed by atoms with van der Waals surface area (Å²) in [6.07, 6.45) is 2.95. The van der Waals surface area contributed by atoms with Crippen molar-refractivity contribution in [2.45, 2.75) is 34.1 Å². The largest absolute Gasteiger partial charge is 0.238 e. The first kappa shape index (κ1) is 11.8. The van der Waals surface area contributed by atoms with Gasteiger partial charge in [-0.25, -0.2) is 14.6 Å². The molecule has 0 atom stereocenters. The van der Waals surface area contributed by atoms with Gasteiger partial charge in [0.25, 0.3) is 0 Å². The molecular weight excluding hydrogens is 212 g/mol. The van der Waals surface area contributed by atoms with Crippen LogP contribution in [0, 0.1) is 19.8 Å². The predicted molar refractivity (Wildman–Crippen MR) is 67.2 cm³/mol. The molecule has 0 amide bonds. The molecule has 2 aromatic rings. The smallest absolute Gasteiger partial charge is 0.157 e. The summed E-state index contributed by atoms with van der Waals surface area (Å²) in [4.78, 5) is 8.65. The molecule has 4 nitrogen and oxygen atoms in total. The van der Waals surface area contributed by atoms with Crippen LogP contribution in [0.15, 0.2) is 18.3 Å². The van der Waals surface area contributed by atoms with Gasteiger partial charge in [-0.1, -0.05) is 13.8 Å². The molecule has 0 aliphatic rings. The standard InChI is InChI=1S/C13H18N4/c1-9(2)7-12-5-6-17(16-12)13-8-10(3)14-11(4)15-13/h5-6,8-9H,7H2,1-4H3. The van der Waals surface area contributed by atoms with Crippen molar-refractivity contribution in [2.75, 3.05) is 0 Å². The van der Waals surface area contributed by atoms with E-state index >= 15 is 0 Å². The van der Waals surface area contributed by atoms with Gasteiger partial charge in [-0.3, -0.25) is 0 Å². The molecule has 0 fully saturated rings. The Hall–Kier alpha value is -1.71. The molecule has 0 aliphatic carbocycles. The van der Waals surface area contributed by atoms with Gasteiger partial charge in [-0.2, -0.15) is 5.10 Å². The average Bonchev–Trinajstić information content (AvgIpc) is 2.63. The number of rotatable bonds is 3. The van der Waals surface area contributed by atoms with Crippen LogP contribution in [-0.4, -0.2) is 19.7 Å². The van der Waals surface area contributed by atoms with Gasteiger partial charge in [0.15, 0.2) is 5.82 Å². The Bertz CT molecular complexity index is 494. The van der Waals surface area contributed by atoms with E-state index in [1.165, 1.54) is 0 Å². The lowest BCUT2D eigenvalue weighted by Gasteiger charge is -2.03. The van der Waals surface area contributed by atoms with Crippen molar-refractivity contribution < 1.29 is 0 Å². The van der Waals surface area contributed by atoms with E-state index in [1.807, 2.05) is 36.9 Å². The quantitative estimate of drug-likeness (QED) is 0.813. The fraction of sp³-hybridized carbons (Fsp3) is 0.462. The van der Waals surface area contributed by atoms with Crippen molar-refractivity contribution in [3.63, 3.8) is 0 Å². The molecule has 0 radical (unpaired) electrons. The Morgan fingerprint density at radius 3 is 2.65 bits per heavy atom. The Morgan fingerprint density at radius 1 is 1.24 bits per heavy atom. The number of hydrogen-bond donors (Lipinski definition) is 0. The summed E-state index contributed by atoms with van der Waals surface area (Å²) < 4.78 is 1.82. The molecule has 0 spiro atoms. The molecule has 4 heteroatoms. The molecule has 0 aromatic carbocycles. The van der Waals surface area contributed by atoms with Crippen LogP contribution in [-0.2, 0) is 6.42 Å². The second-order valence-corrected chi connectivity index (χ2v) is 4.76. The SMILES string of the molecule is Cc1cc(-n2ccc(CC(C)C)n2)nc(C)n1. The number of aryl methyl sites for hydroxylation is 2. The summed E-state index contributed by atoms with van der Waals surface area (Å²) in [5.74, 6) is 2.23. The van der Waals surface area contributed by atoms with Crippen LogP contribution in [0.25, 0.3) is 5.82 Å². The molecule has 0 bridgehead atoms. The maximum Gasteiger partial charge on any atom is 0.157 e. The third-order valence-electron chi connectivity index (χ3n) is 2.45. The topological polar surface area (TPSA) is 43.6 Å². The van der Waals surface area contributed by atoms with E-state index in [0.29, 0.717) is 5.92 Å². The van der Waals surface area contributed by atoms with Crippen molar-refractivity contribution in [3.8, 4) is 5.82 Å². The van der Waals surface area contributed by atoms with Crippen LogP contribution < -0.4 is 0 Å². The molecule has 0 saturated heterocycles. The van der Waals surface area contributed by atoms with Gasteiger partial charge in [-0.15, -0.1) is 0 Å². The van der Waals surface area contributed by atoms with Crippen LogP contribution in [0.3, 0.4) is 0 Å². The minimum atomic E-state index is 0.618. The maximum atomic E-state index is 4.53. The van der Waals surface area contributed by atoms with Crippen LogP contribution in [0.2, 0.25) is 0 Å². The Morgan fingerprint density at radius 2 is 2.00 bits per heavy atom. The zero-order valence-electron chi connectivity index (χ0n) is 10.8. The average molecular weight is 230 g/mol. The van der Waals surface area contributed by atoms with Gasteiger partial charge < -0.3 is 0 Å².